The molecule has 1 unspecified atom stereocenters. The predicted octanol–water partition coefficient (Wildman–Crippen LogP) is 6.41. The standard InChI is InChI=1S/C28H24ClN3O2/c1-19(30-28(33)21-13-15-22(29)16-14-21)27-31-24-10-4-5-11-25(24)32(27)17-18-34-26-12-6-8-20-7-2-3-9-23(20)26/h2-16,19H,17-18H2,1H3,(H,30,33). The first-order chi connectivity index (χ1) is 16.6. The average Bonchev–Trinajstić information content (AvgIpc) is 3.23. The molecule has 0 bridgehead atoms. The normalized spacial score (nSPS) is 12.1. The van der Waals surface area contributed by atoms with Crippen LogP contribution in [-0.2, 0) is 6.54 Å². The highest BCUT2D eigenvalue weighted by atomic mass is 35.5. The van der Waals surface area contributed by atoms with E-state index in [0.717, 1.165) is 33.4 Å². The number of nitrogens with one attached hydrogen (secondary N) is 1. The van der Waals surface area contributed by atoms with Crippen LogP contribution in [0.15, 0.2) is 91.0 Å². The summed E-state index contributed by atoms with van der Waals surface area (Å²) in [5.41, 5.74) is 2.44. The fraction of sp³-hybridized carbons (Fsp3) is 0.143. The smallest absolute Gasteiger partial charge is 0.251 e. The van der Waals surface area contributed by atoms with Gasteiger partial charge in [0.25, 0.3) is 5.91 Å². The maximum atomic E-state index is 12.8. The van der Waals surface area contributed by atoms with Crippen LogP contribution in [0.1, 0.15) is 29.1 Å². The number of para-hydroxylation sites is 2. The lowest BCUT2D eigenvalue weighted by Gasteiger charge is -2.17. The van der Waals surface area contributed by atoms with Crippen LogP contribution >= 0.6 is 11.6 Å². The summed E-state index contributed by atoms with van der Waals surface area (Å²) in [4.78, 5) is 17.6. The van der Waals surface area contributed by atoms with Crippen molar-refractivity contribution in [2.45, 2.75) is 19.5 Å². The van der Waals surface area contributed by atoms with E-state index in [1.807, 2.05) is 55.5 Å². The highest BCUT2D eigenvalue weighted by molar-refractivity contribution is 6.30. The Morgan fingerprint density at radius 1 is 0.971 bits per heavy atom. The SMILES string of the molecule is CC(NC(=O)c1ccc(Cl)cc1)c1nc2ccccc2n1CCOc1cccc2ccccc12. The number of imidazole rings is 1. The van der Waals surface area contributed by atoms with Gasteiger partial charge in [-0.2, -0.15) is 0 Å². The average molecular weight is 470 g/mol. The van der Waals surface area contributed by atoms with Crippen molar-refractivity contribution in [2.24, 2.45) is 0 Å². The Labute approximate surface area is 203 Å². The number of carbonyl (C=O) groups is 1. The number of amides is 1. The van der Waals surface area contributed by atoms with Gasteiger partial charge in [-0.3, -0.25) is 4.79 Å². The Balaban J connectivity index is 1.37. The summed E-state index contributed by atoms with van der Waals surface area (Å²) in [5.74, 6) is 1.47. The molecule has 1 atom stereocenters. The summed E-state index contributed by atoms with van der Waals surface area (Å²) in [7, 11) is 0. The number of aromatic nitrogens is 2. The number of benzene rings is 4. The van der Waals surface area contributed by atoms with Crippen LogP contribution in [-0.4, -0.2) is 22.1 Å². The number of hydrogen-bond acceptors (Lipinski definition) is 3. The Hall–Kier alpha value is -3.83. The van der Waals surface area contributed by atoms with Gasteiger partial charge in [0.2, 0.25) is 0 Å². The van der Waals surface area contributed by atoms with E-state index in [4.69, 9.17) is 21.3 Å². The predicted molar refractivity (Wildman–Crippen MR) is 137 cm³/mol. The largest absolute Gasteiger partial charge is 0.491 e. The molecule has 0 aliphatic heterocycles. The molecule has 0 radical (unpaired) electrons. The van der Waals surface area contributed by atoms with Gasteiger partial charge in [-0.25, -0.2) is 4.98 Å². The lowest BCUT2D eigenvalue weighted by Crippen LogP contribution is -2.29. The van der Waals surface area contributed by atoms with Crippen LogP contribution in [0.3, 0.4) is 0 Å². The van der Waals surface area contributed by atoms with Gasteiger partial charge in [-0.15, -0.1) is 0 Å². The highest BCUT2D eigenvalue weighted by Crippen LogP contribution is 2.26. The summed E-state index contributed by atoms with van der Waals surface area (Å²) >= 11 is 5.95. The number of nitrogens with zero attached hydrogens (tertiary/aromatic N) is 2. The highest BCUT2D eigenvalue weighted by Gasteiger charge is 2.19. The molecule has 4 aromatic carbocycles. The van der Waals surface area contributed by atoms with Crippen LogP contribution in [0, 0.1) is 0 Å². The summed E-state index contributed by atoms with van der Waals surface area (Å²) in [6.45, 7) is 3.01. The van der Waals surface area contributed by atoms with Gasteiger partial charge in [-0.05, 0) is 54.8 Å². The van der Waals surface area contributed by atoms with E-state index in [-0.39, 0.29) is 11.9 Å². The monoisotopic (exact) mass is 469 g/mol. The molecular weight excluding hydrogens is 446 g/mol. The van der Waals surface area contributed by atoms with Gasteiger partial charge >= 0.3 is 0 Å². The Kier molecular flexibility index (Phi) is 6.19. The summed E-state index contributed by atoms with van der Waals surface area (Å²) in [6, 6.07) is 28.8. The van der Waals surface area contributed by atoms with E-state index >= 15 is 0 Å². The van der Waals surface area contributed by atoms with Crippen molar-refractivity contribution in [3.05, 3.63) is 107 Å². The molecule has 5 aromatic rings. The number of halogens is 1. The molecule has 170 valence electrons. The van der Waals surface area contributed by atoms with Gasteiger partial charge in [0, 0.05) is 16.0 Å². The first kappa shape index (κ1) is 22.0. The Bertz CT molecular complexity index is 1450. The third-order valence-electron chi connectivity index (χ3n) is 5.85. The molecular formula is C28H24ClN3O2. The molecule has 1 aromatic heterocycles. The van der Waals surface area contributed by atoms with Crippen molar-refractivity contribution in [1.29, 1.82) is 0 Å². The molecule has 1 N–H and O–H groups in total. The molecule has 0 saturated heterocycles. The second kappa shape index (κ2) is 9.57. The van der Waals surface area contributed by atoms with Crippen LogP contribution in [0.2, 0.25) is 5.02 Å². The number of rotatable bonds is 7. The topological polar surface area (TPSA) is 56.2 Å². The third-order valence-corrected chi connectivity index (χ3v) is 6.10. The summed E-state index contributed by atoms with van der Waals surface area (Å²) in [6.07, 6.45) is 0. The minimum atomic E-state index is -0.298. The Morgan fingerprint density at radius 2 is 1.71 bits per heavy atom. The molecule has 0 aliphatic carbocycles. The van der Waals surface area contributed by atoms with Crippen molar-refractivity contribution in [2.75, 3.05) is 6.61 Å². The second-order valence-electron chi connectivity index (χ2n) is 8.14. The maximum absolute atomic E-state index is 12.8. The zero-order valence-electron chi connectivity index (χ0n) is 18.7. The van der Waals surface area contributed by atoms with E-state index in [1.165, 1.54) is 0 Å². The van der Waals surface area contributed by atoms with Crippen molar-refractivity contribution < 1.29 is 9.53 Å². The zero-order valence-corrected chi connectivity index (χ0v) is 19.5. The minimum Gasteiger partial charge on any atom is -0.491 e. The lowest BCUT2D eigenvalue weighted by atomic mass is 10.1. The number of fused-ring (bicyclic) bond motifs is 2. The first-order valence-corrected chi connectivity index (χ1v) is 11.6. The maximum Gasteiger partial charge on any atom is 0.251 e. The van der Waals surface area contributed by atoms with Crippen molar-refractivity contribution >= 4 is 39.3 Å². The molecule has 1 amide bonds. The van der Waals surface area contributed by atoms with Crippen molar-refractivity contribution in [3.8, 4) is 5.75 Å². The molecule has 1 heterocycles. The van der Waals surface area contributed by atoms with Gasteiger partial charge < -0.3 is 14.6 Å². The molecule has 0 aliphatic rings. The van der Waals surface area contributed by atoms with E-state index < -0.39 is 0 Å². The number of carbonyl (C=O) groups excluding carboxylic acids is 1. The summed E-state index contributed by atoms with van der Waals surface area (Å²) < 4.78 is 8.31. The van der Waals surface area contributed by atoms with E-state index in [1.54, 1.807) is 24.3 Å². The zero-order chi connectivity index (χ0) is 23.5. The number of ether oxygens (including phenoxy) is 1. The minimum absolute atomic E-state index is 0.172. The van der Waals surface area contributed by atoms with Crippen molar-refractivity contribution in [3.63, 3.8) is 0 Å². The fourth-order valence-corrected chi connectivity index (χ4v) is 4.30. The van der Waals surface area contributed by atoms with Gasteiger partial charge in [-0.1, -0.05) is 60.1 Å². The quantitative estimate of drug-likeness (QED) is 0.299. The third kappa shape index (κ3) is 4.47. The van der Waals surface area contributed by atoms with Crippen LogP contribution in [0.5, 0.6) is 5.75 Å². The molecule has 6 heteroatoms. The molecule has 5 nitrogen and oxygen atoms in total. The molecule has 34 heavy (non-hydrogen) atoms. The van der Waals surface area contributed by atoms with Gasteiger partial charge in [0.05, 0.1) is 23.6 Å². The first-order valence-electron chi connectivity index (χ1n) is 11.2. The van der Waals surface area contributed by atoms with E-state index in [9.17, 15) is 4.79 Å². The lowest BCUT2D eigenvalue weighted by molar-refractivity contribution is 0.0937. The fourth-order valence-electron chi connectivity index (χ4n) is 4.17. The molecule has 0 spiro atoms. The molecule has 0 fully saturated rings. The van der Waals surface area contributed by atoms with Crippen LogP contribution in [0.25, 0.3) is 21.8 Å². The van der Waals surface area contributed by atoms with Gasteiger partial charge in [0.15, 0.2) is 0 Å². The van der Waals surface area contributed by atoms with Crippen LogP contribution in [0.4, 0.5) is 0 Å². The summed E-state index contributed by atoms with van der Waals surface area (Å²) in [5, 5.41) is 5.89. The van der Waals surface area contributed by atoms with E-state index in [2.05, 4.69) is 28.1 Å². The molecule has 5 rings (SSSR count). The number of hydrogen-bond donors (Lipinski definition) is 1. The molecule has 0 saturated carbocycles. The van der Waals surface area contributed by atoms with Crippen molar-refractivity contribution in [1.82, 2.24) is 14.9 Å². The van der Waals surface area contributed by atoms with E-state index in [0.29, 0.717) is 23.7 Å². The second-order valence-corrected chi connectivity index (χ2v) is 8.57. The van der Waals surface area contributed by atoms with Crippen LogP contribution < -0.4 is 10.1 Å². The Morgan fingerprint density at radius 3 is 2.56 bits per heavy atom. The van der Waals surface area contributed by atoms with Gasteiger partial charge in [0.1, 0.15) is 18.2 Å².